The lowest BCUT2D eigenvalue weighted by Crippen LogP contribution is -2.40. The molecule has 0 aliphatic carbocycles. The zero-order valence-electron chi connectivity index (χ0n) is 7.04. The molecular formula is C6H16N4O. The molecule has 3 N–H and O–H groups in total. The maximum atomic E-state index is 9.30. The number of nitrogens with zero attached hydrogens (tertiary/aromatic N) is 2. The Morgan fingerprint density at radius 1 is 1.55 bits per heavy atom. The first-order valence-electron chi connectivity index (χ1n) is 3.95. The molecule has 1 heterocycles. The van der Waals surface area contributed by atoms with Gasteiger partial charge in [-0.1, -0.05) is 13.3 Å². The summed E-state index contributed by atoms with van der Waals surface area (Å²) in [6, 6.07) is 0. The van der Waals surface area contributed by atoms with Gasteiger partial charge in [-0.2, -0.15) is 21.1 Å². The van der Waals surface area contributed by atoms with Crippen LogP contribution in [0.15, 0.2) is 0 Å². The van der Waals surface area contributed by atoms with Gasteiger partial charge < -0.3 is 5.11 Å². The Balaban J connectivity index is 2.23. The Labute approximate surface area is 66.9 Å². The Morgan fingerprint density at radius 2 is 2.27 bits per heavy atom. The molecule has 66 valence electrons. The molecule has 0 aromatic carbocycles. The van der Waals surface area contributed by atoms with Gasteiger partial charge in [-0.25, -0.2) is 0 Å². The van der Waals surface area contributed by atoms with Crippen molar-refractivity contribution >= 4 is 0 Å². The van der Waals surface area contributed by atoms with E-state index in [9.17, 15) is 5.11 Å². The van der Waals surface area contributed by atoms with Crippen LogP contribution in [0.3, 0.4) is 0 Å². The molecule has 0 radical (unpaired) electrons. The van der Waals surface area contributed by atoms with Gasteiger partial charge in [0.25, 0.3) is 0 Å². The summed E-state index contributed by atoms with van der Waals surface area (Å²) in [5, 5.41) is 12.7. The molecular weight excluding hydrogens is 144 g/mol. The minimum absolute atomic E-state index is 0.591. The van der Waals surface area contributed by atoms with Crippen LogP contribution in [-0.2, 0) is 0 Å². The maximum Gasteiger partial charge on any atom is 0.190 e. The van der Waals surface area contributed by atoms with Crippen LogP contribution < -0.4 is 11.0 Å². The third-order valence-electron chi connectivity index (χ3n) is 1.64. The first-order valence-corrected chi connectivity index (χ1v) is 3.95. The van der Waals surface area contributed by atoms with E-state index in [1.54, 1.807) is 10.1 Å². The van der Waals surface area contributed by atoms with Crippen molar-refractivity contribution in [2.45, 2.75) is 26.1 Å². The number of aliphatic hydroxyl groups excluding tert-OH is 1. The second kappa shape index (κ2) is 3.99. The Hall–Kier alpha value is -0.200. The molecule has 1 aliphatic rings. The average Bonchev–Trinajstić information content (AvgIpc) is 2.26. The fourth-order valence-corrected chi connectivity index (χ4v) is 1.02. The van der Waals surface area contributed by atoms with Gasteiger partial charge in [0.05, 0.1) is 0 Å². The number of nitrogens with one attached hydrogen (secondary N) is 2. The van der Waals surface area contributed by atoms with E-state index in [1.807, 2.05) is 7.05 Å². The van der Waals surface area contributed by atoms with Crippen molar-refractivity contribution < 1.29 is 5.11 Å². The van der Waals surface area contributed by atoms with E-state index in [2.05, 4.69) is 17.9 Å². The van der Waals surface area contributed by atoms with E-state index in [0.717, 1.165) is 19.4 Å². The summed E-state index contributed by atoms with van der Waals surface area (Å²) in [6.07, 6.45) is 1.63. The van der Waals surface area contributed by atoms with Gasteiger partial charge in [0.1, 0.15) is 0 Å². The predicted molar refractivity (Wildman–Crippen MR) is 41.7 cm³/mol. The van der Waals surface area contributed by atoms with Crippen molar-refractivity contribution in [1.29, 1.82) is 0 Å². The van der Waals surface area contributed by atoms with Gasteiger partial charge >= 0.3 is 0 Å². The van der Waals surface area contributed by atoms with Crippen LogP contribution in [-0.4, -0.2) is 35.2 Å². The third-order valence-corrected chi connectivity index (χ3v) is 1.64. The van der Waals surface area contributed by atoms with Crippen molar-refractivity contribution in [2.24, 2.45) is 0 Å². The minimum atomic E-state index is -0.591. The summed E-state index contributed by atoms with van der Waals surface area (Å²) in [5.74, 6) is 0. The summed E-state index contributed by atoms with van der Waals surface area (Å²) in [5.41, 5.74) is 5.72. The van der Waals surface area contributed by atoms with Crippen LogP contribution in [0.1, 0.15) is 19.8 Å². The van der Waals surface area contributed by atoms with Gasteiger partial charge in [0.15, 0.2) is 6.35 Å². The monoisotopic (exact) mass is 160 g/mol. The molecule has 1 rings (SSSR count). The van der Waals surface area contributed by atoms with Crippen molar-refractivity contribution in [3.05, 3.63) is 0 Å². The predicted octanol–water partition coefficient (Wildman–Crippen LogP) is -0.766. The molecule has 1 unspecified atom stereocenters. The van der Waals surface area contributed by atoms with E-state index >= 15 is 0 Å². The van der Waals surface area contributed by atoms with Crippen LogP contribution in [0.4, 0.5) is 0 Å². The van der Waals surface area contributed by atoms with Gasteiger partial charge in [-0.05, 0) is 6.42 Å². The van der Waals surface area contributed by atoms with E-state index in [0.29, 0.717) is 0 Å². The highest BCUT2D eigenvalue weighted by atomic mass is 16.3. The van der Waals surface area contributed by atoms with Crippen LogP contribution >= 0.6 is 0 Å². The Morgan fingerprint density at radius 3 is 2.73 bits per heavy atom. The van der Waals surface area contributed by atoms with Gasteiger partial charge in [-0.3, -0.25) is 0 Å². The quantitative estimate of drug-likeness (QED) is 0.506. The summed E-state index contributed by atoms with van der Waals surface area (Å²) >= 11 is 0. The molecule has 0 amide bonds. The highest BCUT2D eigenvalue weighted by Crippen LogP contribution is 1.99. The molecule has 0 bridgehead atoms. The van der Waals surface area contributed by atoms with Crippen LogP contribution in [0.5, 0.6) is 0 Å². The summed E-state index contributed by atoms with van der Waals surface area (Å²) in [7, 11) is 1.81. The standard InChI is InChI=1S/C6H16N4O/c1-3-4-5-10-6(11)7-9(2)8-10/h6-8,11H,3-5H2,1-2H3. The first kappa shape index (κ1) is 8.89. The van der Waals surface area contributed by atoms with Crippen molar-refractivity contribution in [3.63, 3.8) is 0 Å². The fraction of sp³-hybridized carbons (Fsp3) is 1.00. The van der Waals surface area contributed by atoms with E-state index in [-0.39, 0.29) is 0 Å². The normalized spacial score (nSPS) is 28.1. The maximum absolute atomic E-state index is 9.30. The van der Waals surface area contributed by atoms with Crippen LogP contribution in [0.25, 0.3) is 0 Å². The highest BCUT2D eigenvalue weighted by Gasteiger charge is 2.23. The molecule has 11 heavy (non-hydrogen) atoms. The number of hydrogen-bond acceptors (Lipinski definition) is 5. The molecule has 0 aromatic heterocycles. The molecule has 0 spiro atoms. The molecule has 1 atom stereocenters. The topological polar surface area (TPSA) is 50.8 Å². The third kappa shape index (κ3) is 2.39. The summed E-state index contributed by atoms with van der Waals surface area (Å²) in [6.45, 7) is 2.98. The van der Waals surface area contributed by atoms with Gasteiger partial charge in [0.2, 0.25) is 0 Å². The number of aliphatic hydroxyl groups is 1. The van der Waals surface area contributed by atoms with E-state index in [1.165, 1.54) is 0 Å². The Bertz CT molecular complexity index is 121. The molecule has 5 heteroatoms. The zero-order chi connectivity index (χ0) is 8.27. The lowest BCUT2D eigenvalue weighted by atomic mass is 10.3. The minimum Gasteiger partial charge on any atom is -0.363 e. The van der Waals surface area contributed by atoms with Gasteiger partial charge in [0, 0.05) is 13.6 Å². The summed E-state index contributed by atoms with van der Waals surface area (Å²) in [4.78, 5) is 0. The number of hydrogen-bond donors (Lipinski definition) is 3. The average molecular weight is 160 g/mol. The molecule has 1 aliphatic heterocycles. The number of unbranched alkanes of at least 4 members (excludes halogenated alkanes) is 1. The highest BCUT2D eigenvalue weighted by molar-refractivity contribution is 4.57. The van der Waals surface area contributed by atoms with Crippen LogP contribution in [0, 0.1) is 0 Å². The molecule has 1 fully saturated rings. The second-order valence-corrected chi connectivity index (χ2v) is 2.71. The lowest BCUT2D eigenvalue weighted by Gasteiger charge is -2.16. The molecule has 1 saturated heterocycles. The number of rotatable bonds is 3. The van der Waals surface area contributed by atoms with Crippen molar-refractivity contribution in [3.8, 4) is 0 Å². The van der Waals surface area contributed by atoms with Crippen molar-refractivity contribution in [2.75, 3.05) is 13.6 Å². The molecule has 5 nitrogen and oxygen atoms in total. The number of hydrazine groups is 3. The zero-order valence-corrected chi connectivity index (χ0v) is 7.04. The summed E-state index contributed by atoms with van der Waals surface area (Å²) < 4.78 is 0. The van der Waals surface area contributed by atoms with Gasteiger partial charge in [-0.15, -0.1) is 0 Å². The van der Waals surface area contributed by atoms with Crippen LogP contribution in [0.2, 0.25) is 0 Å². The van der Waals surface area contributed by atoms with Crippen molar-refractivity contribution in [1.82, 2.24) is 21.1 Å². The Kier molecular flexibility index (Phi) is 3.22. The second-order valence-electron chi connectivity index (χ2n) is 2.71. The van der Waals surface area contributed by atoms with E-state index < -0.39 is 6.35 Å². The smallest absolute Gasteiger partial charge is 0.190 e. The molecule has 0 saturated carbocycles. The molecule has 0 aromatic rings. The van der Waals surface area contributed by atoms with E-state index in [4.69, 9.17) is 0 Å². The lowest BCUT2D eigenvalue weighted by molar-refractivity contribution is -0.00214. The largest absolute Gasteiger partial charge is 0.363 e. The fourth-order valence-electron chi connectivity index (χ4n) is 1.02. The first-order chi connectivity index (χ1) is 5.24. The SMILES string of the molecule is CCCCN1NN(C)NC1O.